The summed E-state index contributed by atoms with van der Waals surface area (Å²) in [6, 6.07) is 5.13. The SMILES string of the molecule is Cc1cc(C)c(C(C)N2CCCC(CN)C2)c(C)c1. The highest BCUT2D eigenvalue weighted by molar-refractivity contribution is 5.39. The van der Waals surface area contributed by atoms with Crippen LogP contribution in [0.3, 0.4) is 0 Å². The third-order valence-corrected chi connectivity index (χ3v) is 4.59. The summed E-state index contributed by atoms with van der Waals surface area (Å²) in [6.07, 6.45) is 2.59. The van der Waals surface area contributed by atoms with E-state index >= 15 is 0 Å². The van der Waals surface area contributed by atoms with Gasteiger partial charge < -0.3 is 5.73 Å². The van der Waals surface area contributed by atoms with Crippen molar-refractivity contribution in [2.24, 2.45) is 11.7 Å². The molecule has 1 heterocycles. The van der Waals surface area contributed by atoms with Gasteiger partial charge in [-0.15, -0.1) is 0 Å². The Labute approximate surface area is 118 Å². The van der Waals surface area contributed by atoms with Gasteiger partial charge in [0.15, 0.2) is 0 Å². The lowest BCUT2D eigenvalue weighted by Gasteiger charge is -2.37. The molecule has 2 atom stereocenters. The van der Waals surface area contributed by atoms with Gasteiger partial charge in [-0.25, -0.2) is 0 Å². The number of nitrogens with zero attached hydrogens (tertiary/aromatic N) is 1. The minimum absolute atomic E-state index is 0.509. The molecule has 2 heteroatoms. The Morgan fingerprint density at radius 3 is 2.47 bits per heavy atom. The Kier molecular flexibility index (Phi) is 4.64. The third-order valence-electron chi connectivity index (χ3n) is 4.59. The fraction of sp³-hybridized carbons (Fsp3) is 0.647. The second kappa shape index (κ2) is 6.06. The van der Waals surface area contributed by atoms with Gasteiger partial charge in [0.1, 0.15) is 0 Å². The number of aryl methyl sites for hydroxylation is 3. The van der Waals surface area contributed by atoms with Crippen LogP contribution in [0, 0.1) is 26.7 Å². The van der Waals surface area contributed by atoms with E-state index in [4.69, 9.17) is 5.73 Å². The topological polar surface area (TPSA) is 29.3 Å². The van der Waals surface area contributed by atoms with E-state index in [1.54, 1.807) is 0 Å². The molecule has 2 nitrogen and oxygen atoms in total. The van der Waals surface area contributed by atoms with E-state index in [2.05, 4.69) is 44.7 Å². The Bertz CT molecular complexity index is 416. The summed E-state index contributed by atoms with van der Waals surface area (Å²) >= 11 is 0. The van der Waals surface area contributed by atoms with Crippen LogP contribution in [-0.4, -0.2) is 24.5 Å². The molecule has 1 aromatic rings. The van der Waals surface area contributed by atoms with Gasteiger partial charge in [0, 0.05) is 12.6 Å². The fourth-order valence-corrected chi connectivity index (χ4v) is 3.67. The van der Waals surface area contributed by atoms with Crippen molar-refractivity contribution in [2.45, 2.75) is 46.6 Å². The molecule has 106 valence electrons. The summed E-state index contributed by atoms with van der Waals surface area (Å²) in [5, 5.41) is 0. The zero-order valence-electron chi connectivity index (χ0n) is 12.9. The van der Waals surface area contributed by atoms with Crippen molar-refractivity contribution in [1.29, 1.82) is 0 Å². The smallest absolute Gasteiger partial charge is 0.0325 e. The van der Waals surface area contributed by atoms with Gasteiger partial charge in [0.2, 0.25) is 0 Å². The molecule has 1 aromatic carbocycles. The second-order valence-corrected chi connectivity index (χ2v) is 6.23. The molecule has 1 aliphatic rings. The highest BCUT2D eigenvalue weighted by Crippen LogP contribution is 2.30. The van der Waals surface area contributed by atoms with Gasteiger partial charge in [-0.2, -0.15) is 0 Å². The van der Waals surface area contributed by atoms with E-state index in [9.17, 15) is 0 Å². The Morgan fingerprint density at radius 2 is 1.89 bits per heavy atom. The molecule has 0 spiro atoms. The van der Waals surface area contributed by atoms with Crippen LogP contribution >= 0.6 is 0 Å². The molecular formula is C17H28N2. The molecule has 2 unspecified atom stereocenters. The Hall–Kier alpha value is -0.860. The zero-order valence-corrected chi connectivity index (χ0v) is 12.9. The molecule has 0 amide bonds. The lowest BCUT2D eigenvalue weighted by molar-refractivity contribution is 0.134. The van der Waals surface area contributed by atoms with Gasteiger partial charge in [-0.1, -0.05) is 17.7 Å². The lowest BCUT2D eigenvalue weighted by atomic mass is 9.91. The highest BCUT2D eigenvalue weighted by atomic mass is 15.2. The first-order valence-electron chi connectivity index (χ1n) is 7.54. The maximum absolute atomic E-state index is 5.86. The maximum Gasteiger partial charge on any atom is 0.0325 e. The van der Waals surface area contributed by atoms with Crippen LogP contribution in [0.1, 0.15) is 48.1 Å². The van der Waals surface area contributed by atoms with Crippen molar-refractivity contribution in [1.82, 2.24) is 4.90 Å². The molecular weight excluding hydrogens is 232 g/mol. The average molecular weight is 260 g/mol. The molecule has 2 N–H and O–H groups in total. The summed E-state index contributed by atoms with van der Waals surface area (Å²) in [5.74, 6) is 0.683. The molecule has 1 aliphatic heterocycles. The standard InChI is InChI=1S/C17H28N2/c1-12-8-13(2)17(14(3)9-12)15(4)19-7-5-6-16(10-18)11-19/h8-9,15-16H,5-7,10-11,18H2,1-4H3. The van der Waals surface area contributed by atoms with E-state index in [1.807, 2.05) is 0 Å². The van der Waals surface area contributed by atoms with Crippen LogP contribution in [0.25, 0.3) is 0 Å². The van der Waals surface area contributed by atoms with Gasteiger partial charge >= 0.3 is 0 Å². The van der Waals surface area contributed by atoms with E-state index in [0.717, 1.165) is 13.1 Å². The minimum Gasteiger partial charge on any atom is -0.330 e. The number of benzene rings is 1. The van der Waals surface area contributed by atoms with E-state index in [-0.39, 0.29) is 0 Å². The monoisotopic (exact) mass is 260 g/mol. The molecule has 0 radical (unpaired) electrons. The van der Waals surface area contributed by atoms with Crippen LogP contribution in [-0.2, 0) is 0 Å². The summed E-state index contributed by atoms with van der Waals surface area (Å²) < 4.78 is 0. The molecule has 2 rings (SSSR count). The average Bonchev–Trinajstić information content (AvgIpc) is 2.37. The van der Waals surface area contributed by atoms with Crippen molar-refractivity contribution in [3.8, 4) is 0 Å². The van der Waals surface area contributed by atoms with Crippen LogP contribution in [0.15, 0.2) is 12.1 Å². The largest absolute Gasteiger partial charge is 0.330 e. The summed E-state index contributed by atoms with van der Waals surface area (Å²) in [7, 11) is 0. The predicted octanol–water partition coefficient (Wildman–Crippen LogP) is 3.34. The summed E-state index contributed by atoms with van der Waals surface area (Å²) in [5.41, 5.74) is 11.6. The van der Waals surface area contributed by atoms with Crippen LogP contribution in [0.4, 0.5) is 0 Å². The number of likely N-dealkylation sites (tertiary alicyclic amines) is 1. The van der Waals surface area contributed by atoms with Gasteiger partial charge in [0.25, 0.3) is 0 Å². The number of nitrogens with two attached hydrogens (primary N) is 1. The quantitative estimate of drug-likeness (QED) is 0.903. The minimum atomic E-state index is 0.509. The Balaban J connectivity index is 2.21. The molecule has 1 saturated heterocycles. The second-order valence-electron chi connectivity index (χ2n) is 6.23. The molecule has 0 saturated carbocycles. The predicted molar refractivity (Wildman–Crippen MR) is 82.4 cm³/mol. The molecule has 1 fully saturated rings. The van der Waals surface area contributed by atoms with Crippen LogP contribution in [0.5, 0.6) is 0 Å². The third kappa shape index (κ3) is 3.18. The van der Waals surface area contributed by atoms with E-state index in [1.165, 1.54) is 41.6 Å². The van der Waals surface area contributed by atoms with Crippen LogP contribution in [0.2, 0.25) is 0 Å². The van der Waals surface area contributed by atoms with Gasteiger partial charge in [-0.05, 0) is 76.2 Å². The van der Waals surface area contributed by atoms with Crippen molar-refractivity contribution in [2.75, 3.05) is 19.6 Å². The van der Waals surface area contributed by atoms with Crippen LogP contribution < -0.4 is 5.73 Å². The highest BCUT2D eigenvalue weighted by Gasteiger charge is 2.25. The van der Waals surface area contributed by atoms with Gasteiger partial charge in [-0.3, -0.25) is 4.90 Å². The van der Waals surface area contributed by atoms with E-state index < -0.39 is 0 Å². The first-order chi connectivity index (χ1) is 9.02. The first-order valence-corrected chi connectivity index (χ1v) is 7.54. The molecule has 19 heavy (non-hydrogen) atoms. The molecule has 0 aliphatic carbocycles. The van der Waals surface area contributed by atoms with E-state index in [0.29, 0.717) is 12.0 Å². The normalized spacial score (nSPS) is 22.5. The number of rotatable bonds is 3. The van der Waals surface area contributed by atoms with Crippen molar-refractivity contribution in [3.63, 3.8) is 0 Å². The molecule has 0 bridgehead atoms. The zero-order chi connectivity index (χ0) is 14.0. The van der Waals surface area contributed by atoms with Crippen molar-refractivity contribution < 1.29 is 0 Å². The molecule has 0 aromatic heterocycles. The lowest BCUT2D eigenvalue weighted by Crippen LogP contribution is -2.40. The summed E-state index contributed by atoms with van der Waals surface area (Å²) in [6.45, 7) is 12.2. The fourth-order valence-electron chi connectivity index (χ4n) is 3.67. The number of hydrogen-bond acceptors (Lipinski definition) is 2. The first kappa shape index (κ1) is 14.5. The maximum atomic E-state index is 5.86. The van der Waals surface area contributed by atoms with Crippen molar-refractivity contribution >= 4 is 0 Å². The van der Waals surface area contributed by atoms with Crippen molar-refractivity contribution in [3.05, 3.63) is 34.4 Å². The van der Waals surface area contributed by atoms with Gasteiger partial charge in [0.05, 0.1) is 0 Å². The summed E-state index contributed by atoms with van der Waals surface area (Å²) in [4.78, 5) is 2.62. The Morgan fingerprint density at radius 1 is 1.26 bits per heavy atom. The number of hydrogen-bond donors (Lipinski definition) is 1. The number of piperidine rings is 1.